The molecule has 33 heavy (non-hydrogen) atoms. The Labute approximate surface area is 211 Å². The Hall–Kier alpha value is -2.39. The summed E-state index contributed by atoms with van der Waals surface area (Å²) < 4.78 is 0.528. The minimum Gasteiger partial charge on any atom is -0.293 e. The highest BCUT2D eigenvalue weighted by Crippen LogP contribution is 2.33. The van der Waals surface area contributed by atoms with E-state index in [4.69, 9.17) is 35.4 Å². The molecule has 0 aromatic heterocycles. The third-order valence-electron chi connectivity index (χ3n) is 4.76. The monoisotopic (exact) mass is 521 g/mol. The van der Waals surface area contributed by atoms with Crippen LogP contribution in [0, 0.1) is 0 Å². The number of halogens is 2. The van der Waals surface area contributed by atoms with Gasteiger partial charge in [-0.15, -0.1) is 0 Å². The quantitative estimate of drug-likeness (QED) is 0.215. The molecule has 3 rings (SSSR count). The zero-order valence-electron chi connectivity index (χ0n) is 17.5. The first-order valence-corrected chi connectivity index (χ1v) is 12.2. The van der Waals surface area contributed by atoms with Gasteiger partial charge in [0, 0.05) is 18.0 Å². The van der Waals surface area contributed by atoms with Gasteiger partial charge in [-0.25, -0.2) is 0 Å². The van der Waals surface area contributed by atoms with Gasteiger partial charge in [0.15, 0.2) is 0 Å². The summed E-state index contributed by atoms with van der Waals surface area (Å²) in [6.45, 7) is 0.494. The number of nitrogens with one attached hydrogen (secondary N) is 2. The number of nitrogens with zero attached hydrogens (tertiary/aromatic N) is 1. The Morgan fingerprint density at radius 2 is 1.73 bits per heavy atom. The minimum absolute atomic E-state index is 0.111. The Morgan fingerprint density at radius 3 is 2.45 bits per heavy atom. The van der Waals surface area contributed by atoms with Crippen LogP contribution in [0.25, 0.3) is 6.08 Å². The van der Waals surface area contributed by atoms with Gasteiger partial charge in [0.1, 0.15) is 4.32 Å². The molecule has 2 aromatic rings. The van der Waals surface area contributed by atoms with E-state index in [0.29, 0.717) is 38.7 Å². The maximum absolute atomic E-state index is 12.7. The molecule has 1 saturated heterocycles. The lowest BCUT2D eigenvalue weighted by atomic mass is 10.2. The van der Waals surface area contributed by atoms with Crippen molar-refractivity contribution in [2.45, 2.75) is 25.7 Å². The molecule has 172 valence electrons. The van der Waals surface area contributed by atoms with E-state index in [0.717, 1.165) is 12.0 Å². The van der Waals surface area contributed by atoms with Crippen LogP contribution in [-0.2, 0) is 9.59 Å². The molecule has 6 nitrogen and oxygen atoms in total. The summed E-state index contributed by atoms with van der Waals surface area (Å²) in [5.74, 6) is -0.887. The van der Waals surface area contributed by atoms with Crippen molar-refractivity contribution in [1.82, 2.24) is 15.8 Å². The van der Waals surface area contributed by atoms with Gasteiger partial charge < -0.3 is 0 Å². The fourth-order valence-corrected chi connectivity index (χ4v) is 4.69. The van der Waals surface area contributed by atoms with Crippen molar-refractivity contribution in [3.8, 4) is 0 Å². The summed E-state index contributed by atoms with van der Waals surface area (Å²) in [6, 6.07) is 13.8. The van der Waals surface area contributed by atoms with Crippen LogP contribution in [0.4, 0.5) is 0 Å². The number of rotatable bonds is 8. The van der Waals surface area contributed by atoms with Gasteiger partial charge in [-0.3, -0.25) is 30.1 Å². The van der Waals surface area contributed by atoms with Crippen LogP contribution in [0.5, 0.6) is 0 Å². The Bertz CT molecular complexity index is 1090. The fraction of sp³-hybridized carbons (Fsp3) is 0.217. The third kappa shape index (κ3) is 7.30. The lowest BCUT2D eigenvalue weighted by Crippen LogP contribution is -2.41. The molecule has 0 unspecified atom stereocenters. The molecule has 0 bridgehead atoms. The fourth-order valence-electron chi connectivity index (χ4n) is 3.04. The molecular formula is C23H21Cl2N3O3S2. The number of thiocarbonyl (C=S) groups is 1. The average molecular weight is 522 g/mol. The standard InChI is InChI=1S/C23H21Cl2N3O3S2/c24-16-11-9-15(10-12-16)14-19-22(31)28(23(32)33-19)13-5-1-2-8-20(29)26-27-21(30)17-6-3-4-7-18(17)25/h3-4,6-7,9-12,14H,1-2,5,8,13H2,(H,26,29)(H,27,30). The summed E-state index contributed by atoms with van der Waals surface area (Å²) in [7, 11) is 0. The zero-order chi connectivity index (χ0) is 23.8. The molecule has 0 spiro atoms. The second kappa shape index (κ2) is 12.2. The smallest absolute Gasteiger partial charge is 0.271 e. The highest BCUT2D eigenvalue weighted by Gasteiger charge is 2.31. The van der Waals surface area contributed by atoms with Crippen molar-refractivity contribution in [1.29, 1.82) is 0 Å². The molecule has 3 amide bonds. The van der Waals surface area contributed by atoms with Gasteiger partial charge >= 0.3 is 0 Å². The Balaban J connectivity index is 1.36. The molecule has 1 aliphatic heterocycles. The second-order valence-electron chi connectivity index (χ2n) is 7.18. The number of hydrazine groups is 1. The van der Waals surface area contributed by atoms with E-state index in [1.54, 1.807) is 47.4 Å². The highest BCUT2D eigenvalue weighted by molar-refractivity contribution is 8.26. The van der Waals surface area contributed by atoms with Crippen molar-refractivity contribution >= 4 is 75.3 Å². The summed E-state index contributed by atoms with van der Waals surface area (Å²) in [5.41, 5.74) is 5.91. The van der Waals surface area contributed by atoms with Gasteiger partial charge in [-0.2, -0.15) is 0 Å². The van der Waals surface area contributed by atoms with Crippen molar-refractivity contribution in [3.63, 3.8) is 0 Å². The largest absolute Gasteiger partial charge is 0.293 e. The molecule has 2 aromatic carbocycles. The van der Waals surface area contributed by atoms with Crippen molar-refractivity contribution in [2.24, 2.45) is 0 Å². The minimum atomic E-state index is -0.477. The van der Waals surface area contributed by atoms with Crippen LogP contribution in [0.15, 0.2) is 53.4 Å². The first-order valence-electron chi connectivity index (χ1n) is 10.2. The molecule has 0 radical (unpaired) electrons. The first-order chi connectivity index (χ1) is 15.8. The van der Waals surface area contributed by atoms with Gasteiger partial charge in [0.2, 0.25) is 5.91 Å². The van der Waals surface area contributed by atoms with Crippen LogP contribution in [-0.4, -0.2) is 33.5 Å². The van der Waals surface area contributed by atoms with E-state index >= 15 is 0 Å². The number of carbonyl (C=O) groups is 3. The normalized spacial score (nSPS) is 14.6. The Morgan fingerprint density at radius 1 is 1.00 bits per heavy atom. The summed E-state index contributed by atoms with van der Waals surface area (Å²) >= 11 is 18.5. The lowest BCUT2D eigenvalue weighted by molar-refractivity contribution is -0.123. The molecule has 0 saturated carbocycles. The van der Waals surface area contributed by atoms with E-state index < -0.39 is 5.91 Å². The van der Waals surface area contributed by atoms with Crippen molar-refractivity contribution < 1.29 is 14.4 Å². The van der Waals surface area contributed by atoms with Crippen LogP contribution in [0.3, 0.4) is 0 Å². The average Bonchev–Trinajstić information content (AvgIpc) is 3.06. The van der Waals surface area contributed by atoms with Crippen LogP contribution >= 0.6 is 47.2 Å². The molecule has 0 atom stereocenters. The summed E-state index contributed by atoms with van der Waals surface area (Å²) in [4.78, 5) is 38.8. The number of carbonyl (C=O) groups excluding carboxylic acids is 3. The molecule has 2 N–H and O–H groups in total. The lowest BCUT2D eigenvalue weighted by Gasteiger charge is -2.14. The molecular weight excluding hydrogens is 501 g/mol. The maximum atomic E-state index is 12.7. The zero-order valence-corrected chi connectivity index (χ0v) is 20.6. The molecule has 0 aliphatic carbocycles. The number of hydrogen-bond donors (Lipinski definition) is 2. The summed E-state index contributed by atoms with van der Waals surface area (Å²) in [5, 5.41) is 0.944. The van der Waals surface area contributed by atoms with Crippen LogP contribution in [0.1, 0.15) is 41.6 Å². The number of amides is 3. The number of hydrogen-bond acceptors (Lipinski definition) is 5. The SMILES string of the molecule is O=C(CCCCCN1C(=O)C(=Cc2ccc(Cl)cc2)SC1=S)NNC(=O)c1ccccc1Cl. The molecule has 1 aliphatic rings. The van der Waals surface area contributed by atoms with E-state index in [9.17, 15) is 14.4 Å². The third-order valence-corrected chi connectivity index (χ3v) is 6.72. The number of thioether (sulfide) groups is 1. The van der Waals surface area contributed by atoms with E-state index in [1.165, 1.54) is 11.8 Å². The highest BCUT2D eigenvalue weighted by atomic mass is 35.5. The Kier molecular flexibility index (Phi) is 9.31. The van der Waals surface area contributed by atoms with Gasteiger partial charge in [0.05, 0.1) is 15.5 Å². The van der Waals surface area contributed by atoms with Crippen LogP contribution in [0.2, 0.25) is 10.0 Å². The molecule has 10 heteroatoms. The molecule has 1 fully saturated rings. The van der Waals surface area contributed by atoms with Crippen LogP contribution < -0.4 is 10.9 Å². The topological polar surface area (TPSA) is 78.5 Å². The van der Waals surface area contributed by atoms with Crippen molar-refractivity contribution in [2.75, 3.05) is 6.54 Å². The number of benzene rings is 2. The maximum Gasteiger partial charge on any atom is 0.271 e. The van der Waals surface area contributed by atoms with E-state index in [2.05, 4.69) is 10.9 Å². The predicted molar refractivity (Wildman–Crippen MR) is 137 cm³/mol. The van der Waals surface area contributed by atoms with E-state index in [-0.39, 0.29) is 23.8 Å². The first kappa shape index (κ1) is 25.2. The van der Waals surface area contributed by atoms with Gasteiger partial charge in [-0.05, 0) is 48.7 Å². The van der Waals surface area contributed by atoms with Gasteiger partial charge in [-0.1, -0.05) is 77.9 Å². The van der Waals surface area contributed by atoms with Gasteiger partial charge in [0.25, 0.3) is 11.8 Å². The molecule has 1 heterocycles. The van der Waals surface area contributed by atoms with Crippen molar-refractivity contribution in [3.05, 3.63) is 74.6 Å². The van der Waals surface area contributed by atoms with E-state index in [1.807, 2.05) is 12.1 Å². The predicted octanol–water partition coefficient (Wildman–Crippen LogP) is 5.22. The summed E-state index contributed by atoms with van der Waals surface area (Å²) in [6.07, 6.45) is 4.11. The number of unbranched alkanes of at least 4 members (excludes halogenated alkanes) is 2. The second-order valence-corrected chi connectivity index (χ2v) is 9.70.